The highest BCUT2D eigenvalue weighted by molar-refractivity contribution is 5.81. The van der Waals surface area contributed by atoms with Crippen LogP contribution in [0.25, 0.3) is 0 Å². The molecule has 0 aromatic carbocycles. The van der Waals surface area contributed by atoms with Crippen molar-refractivity contribution in [2.45, 2.75) is 64.0 Å². The molecular weight excluding hydrogens is 332 g/mol. The Kier molecular flexibility index (Phi) is 6.21. The van der Waals surface area contributed by atoms with Crippen molar-refractivity contribution in [1.82, 2.24) is 0 Å². The van der Waals surface area contributed by atoms with Crippen molar-refractivity contribution in [1.29, 1.82) is 0 Å². The zero-order chi connectivity index (χ0) is 18.7. The lowest BCUT2D eigenvalue weighted by Gasteiger charge is -2.28. The van der Waals surface area contributed by atoms with Gasteiger partial charge in [-0.15, -0.1) is 0 Å². The first kappa shape index (κ1) is 19.8. The molecule has 2 saturated heterocycles. The molecule has 2 aliphatic rings. The van der Waals surface area contributed by atoms with E-state index in [0.717, 1.165) is 6.08 Å². The number of hydrogen-bond donors (Lipinski definition) is 0. The average Bonchev–Trinajstić information content (AvgIpc) is 3.06. The highest BCUT2D eigenvalue weighted by atomic mass is 16.8. The molecule has 0 aromatic rings. The average molecular weight is 358 g/mol. The molecule has 2 heterocycles. The van der Waals surface area contributed by atoms with Crippen LogP contribution in [0.4, 0.5) is 0 Å². The van der Waals surface area contributed by atoms with Gasteiger partial charge in [-0.05, 0) is 27.7 Å². The van der Waals surface area contributed by atoms with Crippen LogP contribution in [0, 0.1) is 0 Å². The second kappa shape index (κ2) is 7.82. The molecule has 0 radical (unpaired) electrons. The smallest absolute Gasteiger partial charge is 0.330 e. The van der Waals surface area contributed by atoms with Crippen LogP contribution >= 0.6 is 0 Å². The number of esters is 2. The molecule has 2 rings (SSSR count). The van der Waals surface area contributed by atoms with Gasteiger partial charge in [0.25, 0.3) is 0 Å². The molecular formula is C17H26O8. The summed E-state index contributed by atoms with van der Waals surface area (Å²) in [5, 5.41) is 0. The lowest BCUT2D eigenvalue weighted by Crippen LogP contribution is -2.45. The quantitative estimate of drug-likeness (QED) is 0.497. The monoisotopic (exact) mass is 358 g/mol. The van der Waals surface area contributed by atoms with E-state index in [4.69, 9.17) is 28.4 Å². The molecule has 0 N–H and O–H groups in total. The zero-order valence-corrected chi connectivity index (χ0v) is 15.1. The molecule has 0 aliphatic carbocycles. The Morgan fingerprint density at radius 3 is 2.04 bits per heavy atom. The lowest BCUT2D eigenvalue weighted by atomic mass is 10.1. The lowest BCUT2D eigenvalue weighted by molar-refractivity contribution is -0.195. The topological polar surface area (TPSA) is 89.5 Å². The molecule has 0 saturated carbocycles. The molecule has 2 aliphatic heterocycles. The molecule has 2 unspecified atom stereocenters. The second-order valence-corrected chi connectivity index (χ2v) is 6.81. The Morgan fingerprint density at radius 2 is 1.64 bits per heavy atom. The third kappa shape index (κ3) is 5.78. The van der Waals surface area contributed by atoms with Crippen LogP contribution in [-0.4, -0.2) is 61.6 Å². The predicted molar refractivity (Wildman–Crippen MR) is 85.5 cm³/mol. The summed E-state index contributed by atoms with van der Waals surface area (Å²) < 4.78 is 33.1. The Morgan fingerprint density at radius 1 is 1.12 bits per heavy atom. The van der Waals surface area contributed by atoms with Gasteiger partial charge in [0.2, 0.25) is 0 Å². The Hall–Kier alpha value is -1.48. The van der Waals surface area contributed by atoms with E-state index >= 15 is 0 Å². The van der Waals surface area contributed by atoms with Crippen LogP contribution in [-0.2, 0) is 38.0 Å². The largest absolute Gasteiger partial charge is 0.462 e. The van der Waals surface area contributed by atoms with Crippen molar-refractivity contribution in [2.24, 2.45) is 0 Å². The van der Waals surface area contributed by atoms with Gasteiger partial charge in [0.1, 0.15) is 18.8 Å². The normalized spacial score (nSPS) is 28.3. The molecule has 142 valence electrons. The third-order valence-corrected chi connectivity index (χ3v) is 3.78. The summed E-state index contributed by atoms with van der Waals surface area (Å²) in [4.78, 5) is 23.1. The van der Waals surface area contributed by atoms with Gasteiger partial charge in [-0.1, -0.05) is 6.58 Å². The summed E-state index contributed by atoms with van der Waals surface area (Å²) in [5.74, 6) is -2.63. The SMILES string of the molecule is C=CC(=O)OCCC(=O)OC(C1COC(C)(C)O1)C1COC(C)(C)O1. The Bertz CT molecular complexity index is 487. The fourth-order valence-electron chi connectivity index (χ4n) is 2.65. The van der Waals surface area contributed by atoms with Crippen molar-refractivity contribution >= 4 is 11.9 Å². The van der Waals surface area contributed by atoms with Gasteiger partial charge in [0.05, 0.1) is 19.6 Å². The van der Waals surface area contributed by atoms with E-state index in [-0.39, 0.29) is 26.2 Å². The number of hydrogen-bond acceptors (Lipinski definition) is 8. The van der Waals surface area contributed by atoms with Crippen molar-refractivity contribution in [3.8, 4) is 0 Å². The molecule has 25 heavy (non-hydrogen) atoms. The van der Waals surface area contributed by atoms with Gasteiger partial charge >= 0.3 is 11.9 Å². The highest BCUT2D eigenvalue weighted by Gasteiger charge is 2.47. The van der Waals surface area contributed by atoms with E-state index in [9.17, 15) is 9.59 Å². The second-order valence-electron chi connectivity index (χ2n) is 6.81. The fourth-order valence-corrected chi connectivity index (χ4v) is 2.65. The predicted octanol–water partition coefficient (Wildman–Crippen LogP) is 1.32. The first-order valence-corrected chi connectivity index (χ1v) is 8.24. The maximum absolute atomic E-state index is 12.1. The molecule has 8 nitrogen and oxygen atoms in total. The third-order valence-electron chi connectivity index (χ3n) is 3.78. The van der Waals surface area contributed by atoms with E-state index in [1.54, 1.807) is 27.7 Å². The van der Waals surface area contributed by atoms with E-state index in [0.29, 0.717) is 0 Å². The van der Waals surface area contributed by atoms with Crippen LogP contribution in [0.5, 0.6) is 0 Å². The molecule has 2 atom stereocenters. The minimum atomic E-state index is -0.760. The maximum Gasteiger partial charge on any atom is 0.330 e. The molecule has 0 bridgehead atoms. The first-order chi connectivity index (χ1) is 11.6. The van der Waals surface area contributed by atoms with Gasteiger partial charge in [0.15, 0.2) is 17.7 Å². The minimum absolute atomic E-state index is 0.0793. The van der Waals surface area contributed by atoms with E-state index in [1.165, 1.54) is 0 Å². The van der Waals surface area contributed by atoms with Crippen LogP contribution in [0.1, 0.15) is 34.1 Å². The molecule has 0 aromatic heterocycles. The standard InChI is InChI=1S/C17H26O8/c1-6-13(18)20-8-7-14(19)23-15(11-9-21-16(2,3)24-11)12-10-22-17(4,5)25-12/h6,11-12,15H,1,7-10H2,2-5H3. The maximum atomic E-state index is 12.1. The molecule has 8 heteroatoms. The van der Waals surface area contributed by atoms with Gasteiger partial charge in [0, 0.05) is 6.08 Å². The summed E-state index contributed by atoms with van der Waals surface area (Å²) >= 11 is 0. The van der Waals surface area contributed by atoms with Gasteiger partial charge in [-0.2, -0.15) is 0 Å². The summed E-state index contributed by atoms with van der Waals surface area (Å²) in [6, 6.07) is 0. The summed E-state index contributed by atoms with van der Waals surface area (Å²) in [5.41, 5.74) is 0. The highest BCUT2D eigenvalue weighted by Crippen LogP contribution is 2.32. The van der Waals surface area contributed by atoms with Crippen LogP contribution in [0.3, 0.4) is 0 Å². The zero-order valence-electron chi connectivity index (χ0n) is 15.1. The van der Waals surface area contributed by atoms with Crippen molar-refractivity contribution in [3.05, 3.63) is 12.7 Å². The first-order valence-electron chi connectivity index (χ1n) is 8.24. The Labute approximate surface area is 147 Å². The fraction of sp³-hybridized carbons (Fsp3) is 0.765. The van der Waals surface area contributed by atoms with Crippen molar-refractivity contribution in [2.75, 3.05) is 19.8 Å². The summed E-state index contributed by atoms with van der Waals surface area (Å²) in [6.45, 7) is 10.9. The van der Waals surface area contributed by atoms with Crippen LogP contribution in [0.15, 0.2) is 12.7 Å². The number of carbonyl (C=O) groups is 2. The van der Waals surface area contributed by atoms with Crippen molar-refractivity contribution in [3.63, 3.8) is 0 Å². The van der Waals surface area contributed by atoms with E-state index < -0.39 is 41.8 Å². The number of rotatable bonds is 7. The molecule has 2 fully saturated rings. The van der Waals surface area contributed by atoms with Crippen LogP contribution in [0.2, 0.25) is 0 Å². The van der Waals surface area contributed by atoms with Crippen LogP contribution < -0.4 is 0 Å². The van der Waals surface area contributed by atoms with Crippen molar-refractivity contribution < 1.29 is 38.0 Å². The van der Waals surface area contributed by atoms with Gasteiger partial charge in [-0.3, -0.25) is 4.79 Å². The number of carbonyl (C=O) groups excluding carboxylic acids is 2. The summed E-state index contributed by atoms with van der Waals surface area (Å²) in [6.07, 6.45) is -0.684. The van der Waals surface area contributed by atoms with Gasteiger partial charge in [-0.25, -0.2) is 4.79 Å². The molecule has 0 amide bonds. The molecule has 0 spiro atoms. The Balaban J connectivity index is 1.96. The van der Waals surface area contributed by atoms with Gasteiger partial charge < -0.3 is 28.4 Å². The van der Waals surface area contributed by atoms with E-state index in [1.807, 2.05) is 0 Å². The summed E-state index contributed by atoms with van der Waals surface area (Å²) in [7, 11) is 0. The minimum Gasteiger partial charge on any atom is -0.462 e. The van der Waals surface area contributed by atoms with E-state index in [2.05, 4.69) is 6.58 Å². The number of ether oxygens (including phenoxy) is 6.